The van der Waals surface area contributed by atoms with Crippen LogP contribution in [0, 0.1) is 27.9 Å². The maximum absolute atomic E-state index is 13.0. The van der Waals surface area contributed by atoms with E-state index in [1.807, 2.05) is 0 Å². The van der Waals surface area contributed by atoms with E-state index in [-0.39, 0.29) is 34.2 Å². The monoisotopic (exact) mass is 450 g/mol. The lowest BCUT2D eigenvalue weighted by Gasteiger charge is -2.36. The lowest BCUT2D eigenvalue weighted by Crippen LogP contribution is -2.35. The van der Waals surface area contributed by atoms with Gasteiger partial charge in [0.1, 0.15) is 6.10 Å². The molecule has 0 saturated heterocycles. The second kappa shape index (κ2) is 8.77. The van der Waals surface area contributed by atoms with Crippen molar-refractivity contribution in [1.29, 1.82) is 0 Å². The maximum atomic E-state index is 13.0. The van der Waals surface area contributed by atoms with E-state index in [4.69, 9.17) is 4.74 Å². The number of rotatable bonds is 5. The molecule has 2 aliphatic rings. The van der Waals surface area contributed by atoms with Gasteiger partial charge in [0.2, 0.25) is 0 Å². The molecule has 0 radical (unpaired) electrons. The van der Waals surface area contributed by atoms with Gasteiger partial charge in [0.05, 0.1) is 27.3 Å². The molecule has 1 aliphatic carbocycles. The topological polar surface area (TPSA) is 107 Å². The highest BCUT2D eigenvalue weighted by Gasteiger charge is 2.38. The highest BCUT2D eigenvalue weighted by Crippen LogP contribution is 2.36. The van der Waals surface area contributed by atoms with Gasteiger partial charge < -0.3 is 4.74 Å². The molecule has 0 spiro atoms. The molecule has 8 heteroatoms. The number of esters is 1. The van der Waals surface area contributed by atoms with E-state index in [2.05, 4.69) is 20.8 Å². The van der Waals surface area contributed by atoms with Crippen molar-refractivity contribution < 1.29 is 24.0 Å². The van der Waals surface area contributed by atoms with Crippen molar-refractivity contribution >= 4 is 29.2 Å². The summed E-state index contributed by atoms with van der Waals surface area (Å²) in [6.45, 7) is 6.42. The van der Waals surface area contributed by atoms with E-state index in [1.165, 1.54) is 42.5 Å². The minimum atomic E-state index is -0.579. The lowest BCUT2D eigenvalue weighted by molar-refractivity contribution is -0.384. The third-order valence-electron chi connectivity index (χ3n) is 6.66. The van der Waals surface area contributed by atoms with Crippen LogP contribution in [-0.2, 0) is 4.74 Å². The molecule has 4 rings (SSSR count). The molecule has 172 valence electrons. The van der Waals surface area contributed by atoms with E-state index >= 15 is 0 Å². The number of benzene rings is 2. The number of anilines is 1. The molecule has 0 unspecified atom stereocenters. The van der Waals surface area contributed by atoms with Gasteiger partial charge in [0, 0.05) is 12.1 Å². The smallest absolute Gasteiger partial charge is 0.338 e. The Kier molecular flexibility index (Phi) is 6.01. The Labute approximate surface area is 191 Å². The fourth-order valence-corrected chi connectivity index (χ4v) is 4.78. The lowest BCUT2D eigenvalue weighted by atomic mass is 9.75. The summed E-state index contributed by atoms with van der Waals surface area (Å²) < 4.78 is 5.88. The van der Waals surface area contributed by atoms with E-state index in [9.17, 15) is 24.5 Å². The van der Waals surface area contributed by atoms with Gasteiger partial charge in [0.15, 0.2) is 0 Å². The second-order valence-corrected chi connectivity index (χ2v) is 9.25. The van der Waals surface area contributed by atoms with Crippen LogP contribution in [0.25, 0.3) is 0 Å². The Balaban J connectivity index is 1.56. The normalized spacial score (nSPS) is 22.4. The highest BCUT2D eigenvalue weighted by molar-refractivity contribution is 6.34. The number of nitrogens with zero attached hydrogens (tertiary/aromatic N) is 2. The van der Waals surface area contributed by atoms with Crippen LogP contribution >= 0.6 is 0 Å². The van der Waals surface area contributed by atoms with Gasteiger partial charge >= 0.3 is 5.97 Å². The summed E-state index contributed by atoms with van der Waals surface area (Å²) in [4.78, 5) is 50.0. The number of hydrogen-bond donors (Lipinski definition) is 0. The SMILES string of the molecule is CC(C)[C@H]1CC[C@H](C)C[C@H]1OC(=O)c1ccc2c(c1)C(=O)N(c1ccc([N+](=O)[O-])cc1)C2=O. The molecule has 2 amide bonds. The molecule has 0 N–H and O–H groups in total. The Morgan fingerprint density at radius 2 is 1.73 bits per heavy atom. The summed E-state index contributed by atoms with van der Waals surface area (Å²) >= 11 is 0. The number of amides is 2. The number of carbonyl (C=O) groups excluding carboxylic acids is 3. The van der Waals surface area contributed by atoms with Crippen LogP contribution in [0.1, 0.15) is 71.1 Å². The Morgan fingerprint density at radius 1 is 1.06 bits per heavy atom. The minimum Gasteiger partial charge on any atom is -0.458 e. The Bertz CT molecular complexity index is 1120. The second-order valence-electron chi connectivity index (χ2n) is 9.25. The van der Waals surface area contributed by atoms with Crippen molar-refractivity contribution in [3.05, 3.63) is 69.3 Å². The molecule has 33 heavy (non-hydrogen) atoms. The quantitative estimate of drug-likeness (QED) is 0.274. The first kappa shape index (κ1) is 22.6. The number of imide groups is 1. The molecular weight excluding hydrogens is 424 g/mol. The minimum absolute atomic E-state index is 0.116. The van der Waals surface area contributed by atoms with E-state index < -0.39 is 22.7 Å². The van der Waals surface area contributed by atoms with E-state index in [0.717, 1.165) is 24.2 Å². The molecule has 0 aromatic heterocycles. The van der Waals surface area contributed by atoms with Crippen molar-refractivity contribution in [2.24, 2.45) is 17.8 Å². The molecule has 2 aromatic carbocycles. The van der Waals surface area contributed by atoms with Crippen LogP contribution in [0.3, 0.4) is 0 Å². The van der Waals surface area contributed by atoms with Crippen molar-refractivity contribution in [2.45, 2.75) is 46.1 Å². The van der Waals surface area contributed by atoms with Gasteiger partial charge in [-0.1, -0.05) is 27.2 Å². The van der Waals surface area contributed by atoms with Gasteiger partial charge in [-0.05, 0) is 60.9 Å². The number of ether oxygens (including phenoxy) is 1. The Morgan fingerprint density at radius 3 is 2.36 bits per heavy atom. The first-order valence-corrected chi connectivity index (χ1v) is 11.2. The summed E-state index contributed by atoms with van der Waals surface area (Å²) in [5.41, 5.74) is 0.608. The van der Waals surface area contributed by atoms with E-state index in [0.29, 0.717) is 17.8 Å². The number of non-ortho nitro benzene ring substituents is 1. The maximum Gasteiger partial charge on any atom is 0.338 e. The van der Waals surface area contributed by atoms with Crippen LogP contribution in [0.15, 0.2) is 42.5 Å². The summed E-state index contributed by atoms with van der Waals surface area (Å²) in [7, 11) is 0. The third-order valence-corrected chi connectivity index (χ3v) is 6.66. The number of nitro groups is 1. The molecule has 2 aromatic rings. The molecule has 3 atom stereocenters. The highest BCUT2D eigenvalue weighted by atomic mass is 16.6. The standard InChI is InChI=1S/C25H26N2O6/c1-14(2)19-10-4-15(3)12-22(19)33-25(30)16-5-11-20-21(13-16)24(29)26(23(20)28)17-6-8-18(9-7-17)27(31)32/h5-9,11,13-15,19,22H,4,10,12H2,1-3H3/t15-,19+,22+/m0/s1. The van der Waals surface area contributed by atoms with Crippen molar-refractivity contribution in [2.75, 3.05) is 4.90 Å². The van der Waals surface area contributed by atoms with Crippen molar-refractivity contribution in [1.82, 2.24) is 0 Å². The molecule has 1 heterocycles. The average Bonchev–Trinajstić information content (AvgIpc) is 3.03. The number of nitro benzene ring substituents is 1. The van der Waals surface area contributed by atoms with Crippen LogP contribution in [0.5, 0.6) is 0 Å². The first-order chi connectivity index (χ1) is 15.7. The van der Waals surface area contributed by atoms with Crippen LogP contribution in [0.2, 0.25) is 0 Å². The fourth-order valence-electron chi connectivity index (χ4n) is 4.78. The predicted octanol–water partition coefficient (Wildman–Crippen LogP) is 5.01. The average molecular weight is 450 g/mol. The fraction of sp³-hybridized carbons (Fsp3) is 0.400. The molecule has 1 fully saturated rings. The van der Waals surface area contributed by atoms with Gasteiger partial charge in [-0.15, -0.1) is 0 Å². The molecule has 8 nitrogen and oxygen atoms in total. The summed E-state index contributed by atoms with van der Waals surface area (Å²) in [5, 5.41) is 10.9. The zero-order chi connectivity index (χ0) is 23.9. The summed E-state index contributed by atoms with van der Waals surface area (Å²) in [6.07, 6.45) is 2.76. The van der Waals surface area contributed by atoms with Gasteiger partial charge in [-0.2, -0.15) is 0 Å². The van der Waals surface area contributed by atoms with Gasteiger partial charge in [-0.25, -0.2) is 9.69 Å². The van der Waals surface area contributed by atoms with Crippen LogP contribution in [-0.4, -0.2) is 28.8 Å². The van der Waals surface area contributed by atoms with Gasteiger partial charge in [0.25, 0.3) is 17.5 Å². The van der Waals surface area contributed by atoms with Crippen LogP contribution in [0.4, 0.5) is 11.4 Å². The zero-order valence-electron chi connectivity index (χ0n) is 18.8. The van der Waals surface area contributed by atoms with Crippen molar-refractivity contribution in [3.63, 3.8) is 0 Å². The molecule has 1 aliphatic heterocycles. The first-order valence-electron chi connectivity index (χ1n) is 11.2. The number of fused-ring (bicyclic) bond motifs is 1. The number of carbonyl (C=O) groups is 3. The third kappa shape index (κ3) is 4.25. The largest absolute Gasteiger partial charge is 0.458 e. The molecule has 0 bridgehead atoms. The number of hydrogen-bond acceptors (Lipinski definition) is 6. The predicted molar refractivity (Wildman–Crippen MR) is 121 cm³/mol. The summed E-state index contributed by atoms with van der Waals surface area (Å²) in [6, 6.07) is 9.54. The van der Waals surface area contributed by atoms with E-state index in [1.54, 1.807) is 0 Å². The molecular formula is C25H26N2O6. The summed E-state index contributed by atoms with van der Waals surface area (Å²) in [5.74, 6) is -0.455. The zero-order valence-corrected chi connectivity index (χ0v) is 18.8. The van der Waals surface area contributed by atoms with Crippen LogP contribution < -0.4 is 4.90 Å². The molecule has 1 saturated carbocycles. The van der Waals surface area contributed by atoms with Gasteiger partial charge in [-0.3, -0.25) is 19.7 Å². The van der Waals surface area contributed by atoms with Crippen molar-refractivity contribution in [3.8, 4) is 0 Å². The Hall–Kier alpha value is -3.55.